The van der Waals surface area contributed by atoms with Crippen molar-refractivity contribution >= 4 is 23.3 Å². The number of carboxylic acids is 1. The van der Waals surface area contributed by atoms with E-state index >= 15 is 0 Å². The molecule has 1 aliphatic rings. The minimum absolute atomic E-state index is 0.0638. The highest BCUT2D eigenvalue weighted by atomic mass is 35.5. The van der Waals surface area contributed by atoms with Gasteiger partial charge in [-0.3, -0.25) is 0 Å². The minimum atomic E-state index is -1.16. The van der Waals surface area contributed by atoms with Gasteiger partial charge in [-0.05, 0) is 18.6 Å². The number of rotatable bonds is 4. The van der Waals surface area contributed by atoms with Crippen LogP contribution in [0.4, 0.5) is 5.69 Å². The molecule has 1 aromatic rings. The molecule has 0 saturated carbocycles. The molecule has 1 aromatic carbocycles. The zero-order chi connectivity index (χ0) is 13.1. The average Bonchev–Trinajstić information content (AvgIpc) is 2.80. The van der Waals surface area contributed by atoms with Crippen LogP contribution in [-0.4, -0.2) is 30.9 Å². The third-order valence-corrected chi connectivity index (χ3v) is 3.18. The lowest BCUT2D eigenvalue weighted by molar-refractivity contribution is 0.0697. The summed E-state index contributed by atoms with van der Waals surface area (Å²) in [5.41, 5.74) is 5.70. The van der Waals surface area contributed by atoms with Gasteiger partial charge in [-0.2, -0.15) is 0 Å². The third kappa shape index (κ3) is 2.68. The lowest BCUT2D eigenvalue weighted by atomic mass is 10.1. The van der Waals surface area contributed by atoms with Crippen LogP contribution in [0.1, 0.15) is 16.8 Å². The Morgan fingerprint density at radius 1 is 1.61 bits per heavy atom. The molecule has 0 radical (unpaired) electrons. The zero-order valence-corrected chi connectivity index (χ0v) is 10.4. The van der Waals surface area contributed by atoms with Crippen LogP contribution in [0.2, 0.25) is 5.02 Å². The highest BCUT2D eigenvalue weighted by molar-refractivity contribution is 6.34. The average molecular weight is 272 g/mol. The summed E-state index contributed by atoms with van der Waals surface area (Å²) in [4.78, 5) is 11.0. The monoisotopic (exact) mass is 271 g/mol. The van der Waals surface area contributed by atoms with E-state index in [9.17, 15) is 4.79 Å². The molecule has 6 heteroatoms. The molecule has 18 heavy (non-hydrogen) atoms. The number of anilines is 1. The van der Waals surface area contributed by atoms with Crippen LogP contribution in [0.25, 0.3) is 0 Å². The van der Waals surface area contributed by atoms with Crippen molar-refractivity contribution in [2.45, 2.75) is 6.42 Å². The fourth-order valence-corrected chi connectivity index (χ4v) is 2.09. The number of nitrogens with two attached hydrogens (primary N) is 1. The van der Waals surface area contributed by atoms with Gasteiger partial charge in [0.2, 0.25) is 0 Å². The normalized spacial score (nSPS) is 18.8. The molecule has 0 aliphatic carbocycles. The lowest BCUT2D eigenvalue weighted by Gasteiger charge is -2.14. The van der Waals surface area contributed by atoms with Gasteiger partial charge < -0.3 is 20.3 Å². The second-order valence-corrected chi connectivity index (χ2v) is 4.59. The molecule has 3 N–H and O–H groups in total. The Hall–Kier alpha value is -1.46. The summed E-state index contributed by atoms with van der Waals surface area (Å²) in [5, 5.41) is 9.12. The Kier molecular flexibility index (Phi) is 3.93. The fraction of sp³-hybridized carbons (Fsp3) is 0.417. The number of carbonyl (C=O) groups is 1. The number of benzene rings is 1. The van der Waals surface area contributed by atoms with Gasteiger partial charge in [0.05, 0.1) is 23.9 Å². The van der Waals surface area contributed by atoms with Crippen molar-refractivity contribution in [1.29, 1.82) is 0 Å². The standard InChI is InChI=1S/C12H14ClNO4/c13-8-1-2-9(11(14)10(8)12(15)16)18-6-7-3-4-17-5-7/h1-2,7H,3-6,14H2,(H,15,16). The maximum absolute atomic E-state index is 11.0. The molecule has 0 bridgehead atoms. The van der Waals surface area contributed by atoms with Crippen LogP contribution in [-0.2, 0) is 4.74 Å². The van der Waals surface area contributed by atoms with Crippen LogP contribution in [0.5, 0.6) is 5.75 Å². The highest BCUT2D eigenvalue weighted by Crippen LogP contribution is 2.31. The lowest BCUT2D eigenvalue weighted by Crippen LogP contribution is -2.13. The molecule has 1 unspecified atom stereocenters. The van der Waals surface area contributed by atoms with E-state index in [2.05, 4.69) is 0 Å². The number of halogens is 1. The van der Waals surface area contributed by atoms with Crippen molar-refractivity contribution < 1.29 is 19.4 Å². The van der Waals surface area contributed by atoms with E-state index in [1.54, 1.807) is 6.07 Å². The van der Waals surface area contributed by atoms with Gasteiger partial charge in [0.1, 0.15) is 11.3 Å². The van der Waals surface area contributed by atoms with Crippen molar-refractivity contribution in [3.05, 3.63) is 22.7 Å². The van der Waals surface area contributed by atoms with Crippen molar-refractivity contribution in [3.63, 3.8) is 0 Å². The van der Waals surface area contributed by atoms with Crippen LogP contribution in [0.15, 0.2) is 12.1 Å². The molecular formula is C12H14ClNO4. The minimum Gasteiger partial charge on any atom is -0.491 e. The molecule has 1 heterocycles. The Balaban J connectivity index is 2.12. The number of carboxylic acid groups (broad SMARTS) is 1. The molecule has 1 fully saturated rings. The molecular weight excluding hydrogens is 258 g/mol. The van der Waals surface area contributed by atoms with Gasteiger partial charge >= 0.3 is 5.97 Å². The van der Waals surface area contributed by atoms with Gasteiger partial charge in [-0.15, -0.1) is 0 Å². The summed E-state index contributed by atoms with van der Waals surface area (Å²) in [6, 6.07) is 3.06. The number of hydrogen-bond acceptors (Lipinski definition) is 4. The zero-order valence-electron chi connectivity index (χ0n) is 9.69. The fourth-order valence-electron chi connectivity index (χ4n) is 1.84. The predicted octanol–water partition coefficient (Wildman–Crippen LogP) is 2.04. The topological polar surface area (TPSA) is 81.8 Å². The second kappa shape index (κ2) is 5.46. The van der Waals surface area contributed by atoms with Crippen molar-refractivity contribution in [1.82, 2.24) is 0 Å². The van der Waals surface area contributed by atoms with E-state index in [1.807, 2.05) is 0 Å². The first-order valence-electron chi connectivity index (χ1n) is 5.61. The van der Waals surface area contributed by atoms with Crippen LogP contribution in [0.3, 0.4) is 0 Å². The third-order valence-electron chi connectivity index (χ3n) is 2.87. The predicted molar refractivity (Wildman–Crippen MR) is 67.2 cm³/mol. The number of ether oxygens (including phenoxy) is 2. The molecule has 0 spiro atoms. The number of hydrogen-bond donors (Lipinski definition) is 2. The van der Waals surface area contributed by atoms with Crippen molar-refractivity contribution in [3.8, 4) is 5.75 Å². The van der Waals surface area contributed by atoms with Gasteiger partial charge in [0.15, 0.2) is 0 Å². The first kappa shape index (κ1) is 13.0. The van der Waals surface area contributed by atoms with E-state index in [-0.39, 0.29) is 16.3 Å². The Morgan fingerprint density at radius 3 is 3.00 bits per heavy atom. The Bertz CT molecular complexity index is 458. The quantitative estimate of drug-likeness (QED) is 0.819. The summed E-state index contributed by atoms with van der Waals surface area (Å²) >= 11 is 5.79. The smallest absolute Gasteiger partial charge is 0.339 e. The van der Waals surface area contributed by atoms with E-state index in [0.29, 0.717) is 24.9 Å². The van der Waals surface area contributed by atoms with Gasteiger partial charge in [-0.25, -0.2) is 4.79 Å². The molecule has 98 valence electrons. The maximum atomic E-state index is 11.0. The van der Waals surface area contributed by atoms with E-state index in [1.165, 1.54) is 6.07 Å². The van der Waals surface area contributed by atoms with Crippen molar-refractivity contribution in [2.24, 2.45) is 5.92 Å². The molecule has 1 atom stereocenters. The van der Waals surface area contributed by atoms with Crippen molar-refractivity contribution in [2.75, 3.05) is 25.6 Å². The first-order valence-corrected chi connectivity index (χ1v) is 5.99. The highest BCUT2D eigenvalue weighted by Gasteiger charge is 2.20. The molecule has 1 aliphatic heterocycles. The SMILES string of the molecule is Nc1c(OCC2CCOC2)ccc(Cl)c1C(=O)O. The van der Waals surface area contributed by atoms with E-state index < -0.39 is 5.97 Å². The molecule has 0 amide bonds. The Morgan fingerprint density at radius 2 is 2.39 bits per heavy atom. The summed E-state index contributed by atoms with van der Waals surface area (Å²) in [5.74, 6) is -0.482. The van der Waals surface area contributed by atoms with Gasteiger partial charge in [-0.1, -0.05) is 11.6 Å². The summed E-state index contributed by atoms with van der Waals surface area (Å²) in [6.45, 7) is 1.87. The summed E-state index contributed by atoms with van der Waals surface area (Å²) in [6.07, 6.45) is 0.944. The Labute approximate surface area is 109 Å². The first-order chi connectivity index (χ1) is 8.59. The summed E-state index contributed by atoms with van der Waals surface area (Å²) in [7, 11) is 0. The van der Waals surface area contributed by atoms with Crippen LogP contribution in [0, 0.1) is 5.92 Å². The van der Waals surface area contributed by atoms with Crippen LogP contribution >= 0.6 is 11.6 Å². The van der Waals surface area contributed by atoms with Gasteiger partial charge in [0, 0.05) is 12.5 Å². The maximum Gasteiger partial charge on any atom is 0.339 e. The molecule has 1 saturated heterocycles. The molecule has 5 nitrogen and oxygen atoms in total. The largest absolute Gasteiger partial charge is 0.491 e. The van der Waals surface area contributed by atoms with E-state index in [0.717, 1.165) is 13.0 Å². The number of aromatic carboxylic acids is 1. The van der Waals surface area contributed by atoms with Gasteiger partial charge in [0.25, 0.3) is 0 Å². The van der Waals surface area contributed by atoms with Crippen LogP contribution < -0.4 is 10.5 Å². The molecule has 2 rings (SSSR count). The number of nitrogen functional groups attached to an aromatic ring is 1. The second-order valence-electron chi connectivity index (χ2n) is 4.18. The summed E-state index contributed by atoms with van der Waals surface area (Å²) < 4.78 is 10.8. The molecule has 0 aromatic heterocycles. The van der Waals surface area contributed by atoms with E-state index in [4.69, 9.17) is 31.9 Å².